The maximum Gasteiger partial charge on any atom is 0.276 e. The zero-order valence-corrected chi connectivity index (χ0v) is 12.0. The lowest BCUT2D eigenvalue weighted by atomic mass is 10.2. The van der Waals surface area contributed by atoms with Gasteiger partial charge in [-0.1, -0.05) is 25.1 Å². The van der Waals surface area contributed by atoms with Gasteiger partial charge in [-0.05, 0) is 18.6 Å². The second kappa shape index (κ2) is 6.05. The van der Waals surface area contributed by atoms with Gasteiger partial charge in [0.05, 0.1) is 24.6 Å². The number of amides is 1. The van der Waals surface area contributed by atoms with Crippen LogP contribution in [0.15, 0.2) is 36.5 Å². The Morgan fingerprint density at radius 2 is 2.19 bits per heavy atom. The Kier molecular flexibility index (Phi) is 3.96. The molecule has 21 heavy (non-hydrogen) atoms. The summed E-state index contributed by atoms with van der Waals surface area (Å²) in [4.78, 5) is 15.7. The molecule has 2 heterocycles. The first-order valence-corrected chi connectivity index (χ1v) is 7.16. The monoisotopic (exact) mass is 286 g/mol. The molecule has 3 rings (SSSR count). The van der Waals surface area contributed by atoms with Crippen LogP contribution in [-0.2, 0) is 4.74 Å². The molecule has 0 N–H and O–H groups in total. The number of para-hydroxylation sites is 1. The average Bonchev–Trinajstić information content (AvgIpc) is 3.05. The predicted molar refractivity (Wildman–Crippen MR) is 77.3 cm³/mol. The molecule has 0 radical (unpaired) electrons. The van der Waals surface area contributed by atoms with Crippen LogP contribution in [0.25, 0.3) is 5.69 Å². The molecule has 1 amide bonds. The third kappa shape index (κ3) is 2.95. The first-order valence-electron chi connectivity index (χ1n) is 7.16. The van der Waals surface area contributed by atoms with Gasteiger partial charge in [-0.25, -0.2) is 0 Å². The standard InChI is InChI=1S/C15H18N4O2/c1-2-13-11-18(8-9-21-13)15(20)14-10-16-19(17-14)12-6-4-3-5-7-12/h3-7,10,13H,2,8-9,11H2,1H3/t13-/m1/s1. The summed E-state index contributed by atoms with van der Waals surface area (Å²) in [7, 11) is 0. The lowest BCUT2D eigenvalue weighted by molar-refractivity contribution is -0.0228. The second-order valence-electron chi connectivity index (χ2n) is 5.01. The van der Waals surface area contributed by atoms with Crippen LogP contribution in [0.5, 0.6) is 0 Å². The molecule has 1 aromatic heterocycles. The Labute approximate surface area is 123 Å². The number of rotatable bonds is 3. The molecule has 0 saturated carbocycles. The van der Waals surface area contributed by atoms with E-state index in [1.165, 1.54) is 11.0 Å². The quantitative estimate of drug-likeness (QED) is 0.858. The molecule has 0 unspecified atom stereocenters. The van der Waals surface area contributed by atoms with Crippen LogP contribution in [0.2, 0.25) is 0 Å². The van der Waals surface area contributed by atoms with E-state index < -0.39 is 0 Å². The highest BCUT2D eigenvalue weighted by atomic mass is 16.5. The molecule has 1 aliphatic rings. The molecule has 1 fully saturated rings. The van der Waals surface area contributed by atoms with Crippen LogP contribution < -0.4 is 0 Å². The molecular weight excluding hydrogens is 268 g/mol. The summed E-state index contributed by atoms with van der Waals surface area (Å²) in [5.74, 6) is -0.0843. The van der Waals surface area contributed by atoms with Gasteiger partial charge < -0.3 is 9.64 Å². The molecule has 1 saturated heterocycles. The number of nitrogens with zero attached hydrogens (tertiary/aromatic N) is 4. The van der Waals surface area contributed by atoms with Crippen LogP contribution in [0.4, 0.5) is 0 Å². The van der Waals surface area contributed by atoms with E-state index >= 15 is 0 Å². The van der Waals surface area contributed by atoms with Crippen molar-refractivity contribution in [3.8, 4) is 5.69 Å². The maximum absolute atomic E-state index is 12.5. The minimum absolute atomic E-state index is 0.0843. The van der Waals surface area contributed by atoms with E-state index in [4.69, 9.17) is 4.74 Å². The highest BCUT2D eigenvalue weighted by Crippen LogP contribution is 2.12. The van der Waals surface area contributed by atoms with E-state index in [-0.39, 0.29) is 12.0 Å². The zero-order chi connectivity index (χ0) is 14.7. The lowest BCUT2D eigenvalue weighted by Gasteiger charge is -2.31. The number of carbonyl (C=O) groups is 1. The fraction of sp³-hybridized carbons (Fsp3) is 0.400. The Balaban J connectivity index is 1.75. The van der Waals surface area contributed by atoms with Crippen LogP contribution >= 0.6 is 0 Å². The summed E-state index contributed by atoms with van der Waals surface area (Å²) in [6.07, 6.45) is 2.54. The van der Waals surface area contributed by atoms with Crippen molar-refractivity contribution in [2.75, 3.05) is 19.7 Å². The Hall–Kier alpha value is -2.21. The molecule has 1 aliphatic heterocycles. The summed E-state index contributed by atoms with van der Waals surface area (Å²) in [5, 5.41) is 8.45. The topological polar surface area (TPSA) is 60.2 Å². The average molecular weight is 286 g/mol. The van der Waals surface area contributed by atoms with Crippen LogP contribution in [0.3, 0.4) is 0 Å². The van der Waals surface area contributed by atoms with Crippen molar-refractivity contribution in [2.24, 2.45) is 0 Å². The summed E-state index contributed by atoms with van der Waals surface area (Å²) in [5.41, 5.74) is 1.21. The molecule has 0 aliphatic carbocycles. The van der Waals surface area contributed by atoms with Gasteiger partial charge in [0.25, 0.3) is 5.91 Å². The van der Waals surface area contributed by atoms with E-state index in [1.807, 2.05) is 30.3 Å². The van der Waals surface area contributed by atoms with Crippen molar-refractivity contribution >= 4 is 5.91 Å². The Morgan fingerprint density at radius 1 is 1.38 bits per heavy atom. The van der Waals surface area contributed by atoms with Gasteiger partial charge in [-0.2, -0.15) is 9.90 Å². The Morgan fingerprint density at radius 3 is 2.95 bits per heavy atom. The number of hydrogen-bond donors (Lipinski definition) is 0. The van der Waals surface area contributed by atoms with E-state index in [2.05, 4.69) is 17.1 Å². The van der Waals surface area contributed by atoms with Crippen molar-refractivity contribution in [3.63, 3.8) is 0 Å². The van der Waals surface area contributed by atoms with Gasteiger partial charge in [0.2, 0.25) is 0 Å². The smallest absolute Gasteiger partial charge is 0.276 e. The van der Waals surface area contributed by atoms with Crippen molar-refractivity contribution in [3.05, 3.63) is 42.2 Å². The third-order valence-electron chi connectivity index (χ3n) is 3.58. The summed E-state index contributed by atoms with van der Waals surface area (Å²) >= 11 is 0. The summed E-state index contributed by atoms with van der Waals surface area (Å²) < 4.78 is 5.58. The molecule has 6 heteroatoms. The predicted octanol–water partition coefficient (Wildman–Crippen LogP) is 1.52. The minimum atomic E-state index is -0.0843. The molecule has 1 aromatic carbocycles. The Bertz CT molecular complexity index is 611. The van der Waals surface area contributed by atoms with Crippen LogP contribution in [0.1, 0.15) is 23.8 Å². The second-order valence-corrected chi connectivity index (χ2v) is 5.01. The molecule has 110 valence electrons. The maximum atomic E-state index is 12.5. The van der Waals surface area contributed by atoms with Gasteiger partial charge in [0.1, 0.15) is 0 Å². The molecule has 1 atom stereocenters. The van der Waals surface area contributed by atoms with Gasteiger partial charge in [0, 0.05) is 13.1 Å². The van der Waals surface area contributed by atoms with E-state index in [1.54, 1.807) is 4.90 Å². The van der Waals surface area contributed by atoms with Gasteiger partial charge in [-0.15, -0.1) is 5.10 Å². The highest BCUT2D eigenvalue weighted by molar-refractivity contribution is 5.92. The van der Waals surface area contributed by atoms with E-state index in [0.717, 1.165) is 12.1 Å². The highest BCUT2D eigenvalue weighted by Gasteiger charge is 2.25. The van der Waals surface area contributed by atoms with Gasteiger partial charge in [0.15, 0.2) is 5.69 Å². The van der Waals surface area contributed by atoms with Crippen molar-refractivity contribution in [1.82, 2.24) is 19.9 Å². The number of aromatic nitrogens is 3. The number of carbonyl (C=O) groups excluding carboxylic acids is 1. The van der Waals surface area contributed by atoms with Crippen LogP contribution in [0, 0.1) is 0 Å². The number of ether oxygens (including phenoxy) is 1. The van der Waals surface area contributed by atoms with Gasteiger partial charge in [-0.3, -0.25) is 4.79 Å². The minimum Gasteiger partial charge on any atom is -0.375 e. The number of hydrogen-bond acceptors (Lipinski definition) is 4. The summed E-state index contributed by atoms with van der Waals surface area (Å²) in [6, 6.07) is 9.55. The van der Waals surface area contributed by atoms with Crippen molar-refractivity contribution in [2.45, 2.75) is 19.4 Å². The lowest BCUT2D eigenvalue weighted by Crippen LogP contribution is -2.45. The third-order valence-corrected chi connectivity index (χ3v) is 3.58. The first-order chi connectivity index (χ1) is 10.3. The normalized spacial score (nSPS) is 18.7. The van der Waals surface area contributed by atoms with E-state index in [0.29, 0.717) is 25.4 Å². The fourth-order valence-corrected chi connectivity index (χ4v) is 2.36. The number of morpholine rings is 1. The van der Waals surface area contributed by atoms with Crippen LogP contribution in [-0.4, -0.2) is 51.6 Å². The summed E-state index contributed by atoms with van der Waals surface area (Å²) in [6.45, 7) is 3.86. The molecule has 2 aromatic rings. The largest absolute Gasteiger partial charge is 0.375 e. The molecule has 6 nitrogen and oxygen atoms in total. The number of benzene rings is 1. The molecular formula is C15H18N4O2. The first kappa shape index (κ1) is 13.8. The van der Waals surface area contributed by atoms with Crippen molar-refractivity contribution < 1.29 is 9.53 Å². The van der Waals surface area contributed by atoms with Crippen molar-refractivity contribution in [1.29, 1.82) is 0 Å². The fourth-order valence-electron chi connectivity index (χ4n) is 2.36. The van der Waals surface area contributed by atoms with Gasteiger partial charge >= 0.3 is 0 Å². The molecule has 0 bridgehead atoms. The zero-order valence-electron chi connectivity index (χ0n) is 12.0. The molecule has 0 spiro atoms. The SMILES string of the molecule is CC[C@@H]1CN(C(=O)c2cnn(-c3ccccc3)n2)CCO1. The van der Waals surface area contributed by atoms with E-state index in [9.17, 15) is 4.79 Å².